The van der Waals surface area contributed by atoms with Crippen molar-refractivity contribution in [2.75, 3.05) is 24.9 Å². The summed E-state index contributed by atoms with van der Waals surface area (Å²) in [5.41, 5.74) is 1.19. The highest BCUT2D eigenvalue weighted by atomic mass is 35.5. The fourth-order valence-corrected chi connectivity index (χ4v) is 5.87. The summed E-state index contributed by atoms with van der Waals surface area (Å²) >= 11 is 7.13. The monoisotopic (exact) mass is 531 g/mol. The molecule has 0 N–H and O–H groups in total. The second-order valence-electron chi connectivity index (χ2n) is 7.47. The van der Waals surface area contributed by atoms with Crippen LogP contribution in [0, 0.1) is 0 Å². The number of halogens is 1. The second kappa shape index (κ2) is 10.6. The maximum Gasteiger partial charge on any atom is 0.230 e. The maximum atomic E-state index is 13.4. The van der Waals surface area contributed by atoms with Gasteiger partial charge in [-0.1, -0.05) is 29.0 Å². The number of carbonyl (C=O) groups excluding carboxylic acids is 1. The average Bonchev–Trinajstić information content (AvgIpc) is 3.31. The number of pyridine rings is 1. The Morgan fingerprint density at radius 1 is 1.03 bits per heavy atom. The van der Waals surface area contributed by atoms with Gasteiger partial charge in [-0.25, -0.2) is 13.4 Å². The summed E-state index contributed by atoms with van der Waals surface area (Å²) in [4.78, 5) is 23.9. The van der Waals surface area contributed by atoms with Crippen LogP contribution in [-0.4, -0.2) is 44.3 Å². The fourth-order valence-electron chi connectivity index (χ4n) is 3.42. The maximum absolute atomic E-state index is 13.4. The third-order valence-corrected chi connectivity index (χ3v) is 8.31. The van der Waals surface area contributed by atoms with E-state index in [9.17, 15) is 13.2 Å². The Hall–Kier alpha value is -3.21. The summed E-state index contributed by atoms with van der Waals surface area (Å²) in [6.07, 6.45) is 1.40. The van der Waals surface area contributed by atoms with Crippen LogP contribution in [0.4, 0.5) is 5.13 Å². The van der Waals surface area contributed by atoms with Crippen molar-refractivity contribution in [1.82, 2.24) is 9.97 Å². The summed E-state index contributed by atoms with van der Waals surface area (Å²) < 4.78 is 37.2. The number of aromatic nitrogens is 2. The van der Waals surface area contributed by atoms with Crippen LogP contribution in [0.5, 0.6) is 11.5 Å². The van der Waals surface area contributed by atoms with Gasteiger partial charge in [-0.15, -0.1) is 0 Å². The number of benzene rings is 2. The zero-order valence-corrected chi connectivity index (χ0v) is 21.4. The molecule has 4 rings (SSSR count). The minimum atomic E-state index is -3.69. The summed E-state index contributed by atoms with van der Waals surface area (Å²) in [5, 5.41) is 0.825. The predicted octanol–water partition coefficient (Wildman–Crippen LogP) is 4.76. The van der Waals surface area contributed by atoms with Crippen LogP contribution in [0.1, 0.15) is 12.1 Å². The lowest BCUT2D eigenvalue weighted by molar-refractivity contribution is -0.118. The van der Waals surface area contributed by atoms with Gasteiger partial charge in [0, 0.05) is 17.6 Å². The molecule has 0 aliphatic carbocycles. The third-order valence-electron chi connectivity index (χ3n) is 5.23. The number of fused-ring (bicyclic) bond motifs is 1. The highest BCUT2D eigenvalue weighted by Crippen LogP contribution is 2.40. The Balaban J connectivity index is 1.67. The van der Waals surface area contributed by atoms with Crippen LogP contribution in [-0.2, 0) is 21.2 Å². The van der Waals surface area contributed by atoms with Crippen LogP contribution < -0.4 is 14.4 Å². The molecule has 0 aliphatic rings. The van der Waals surface area contributed by atoms with Crippen molar-refractivity contribution in [2.45, 2.75) is 17.9 Å². The zero-order valence-electron chi connectivity index (χ0n) is 19.0. The Bertz CT molecular complexity index is 1400. The second-order valence-corrected chi connectivity index (χ2v) is 11.0. The van der Waals surface area contributed by atoms with Crippen molar-refractivity contribution in [3.8, 4) is 11.5 Å². The number of anilines is 1. The number of nitrogens with zero attached hydrogens (tertiary/aromatic N) is 3. The van der Waals surface area contributed by atoms with E-state index >= 15 is 0 Å². The lowest BCUT2D eigenvalue weighted by Crippen LogP contribution is -2.32. The quantitative estimate of drug-likeness (QED) is 0.307. The van der Waals surface area contributed by atoms with E-state index in [-0.39, 0.29) is 23.6 Å². The van der Waals surface area contributed by atoms with Crippen molar-refractivity contribution < 1.29 is 22.7 Å². The topological polar surface area (TPSA) is 98.7 Å². The number of thiazole rings is 1. The fraction of sp³-hybridized carbons (Fsp3) is 0.208. The smallest absolute Gasteiger partial charge is 0.230 e. The number of carbonyl (C=O) groups is 1. The number of rotatable bonds is 9. The van der Waals surface area contributed by atoms with Crippen molar-refractivity contribution >= 4 is 54.0 Å². The molecule has 35 heavy (non-hydrogen) atoms. The van der Waals surface area contributed by atoms with Crippen molar-refractivity contribution in [3.63, 3.8) is 0 Å². The Morgan fingerprint density at radius 3 is 2.40 bits per heavy atom. The van der Waals surface area contributed by atoms with Crippen molar-refractivity contribution in [1.29, 1.82) is 0 Å². The highest BCUT2D eigenvalue weighted by molar-refractivity contribution is 7.91. The van der Waals surface area contributed by atoms with Gasteiger partial charge >= 0.3 is 0 Å². The Kier molecular flexibility index (Phi) is 7.54. The lowest BCUT2D eigenvalue weighted by atomic mass is 10.3. The molecule has 0 aliphatic heterocycles. The van der Waals surface area contributed by atoms with Crippen LogP contribution in [0.2, 0.25) is 5.02 Å². The van der Waals surface area contributed by atoms with Gasteiger partial charge in [-0.05, 0) is 48.5 Å². The number of methoxy groups -OCH3 is 2. The molecule has 8 nitrogen and oxygen atoms in total. The molecule has 0 spiro atoms. The molecule has 0 saturated carbocycles. The van der Waals surface area contributed by atoms with Crippen molar-refractivity contribution in [3.05, 3.63) is 71.5 Å². The number of hydrogen-bond donors (Lipinski definition) is 0. The molecule has 0 unspecified atom stereocenters. The van der Waals surface area contributed by atoms with E-state index in [0.717, 1.165) is 4.70 Å². The number of sulfone groups is 1. The van der Waals surface area contributed by atoms with Gasteiger partial charge < -0.3 is 9.47 Å². The Morgan fingerprint density at radius 2 is 1.74 bits per heavy atom. The minimum absolute atomic E-state index is 0.112. The first-order valence-electron chi connectivity index (χ1n) is 10.5. The van der Waals surface area contributed by atoms with E-state index in [1.165, 1.54) is 40.5 Å². The van der Waals surface area contributed by atoms with Crippen LogP contribution in [0.3, 0.4) is 0 Å². The third kappa shape index (κ3) is 5.55. The first kappa shape index (κ1) is 24.9. The number of amides is 1. The molecular weight excluding hydrogens is 510 g/mol. The van der Waals surface area contributed by atoms with Gasteiger partial charge in [0.05, 0.1) is 37.1 Å². The van der Waals surface area contributed by atoms with E-state index < -0.39 is 15.7 Å². The number of ether oxygens (including phenoxy) is 2. The van der Waals surface area contributed by atoms with E-state index in [4.69, 9.17) is 21.1 Å². The van der Waals surface area contributed by atoms with Gasteiger partial charge in [0.2, 0.25) is 5.91 Å². The molecule has 0 atom stereocenters. The normalized spacial score (nSPS) is 11.4. The van der Waals surface area contributed by atoms with E-state index in [0.29, 0.717) is 32.9 Å². The first-order valence-corrected chi connectivity index (χ1v) is 13.4. The molecule has 182 valence electrons. The highest BCUT2D eigenvalue weighted by Gasteiger charge is 2.25. The zero-order chi connectivity index (χ0) is 25.0. The SMILES string of the molecule is COc1ccc(OC)c2sc(N(Cc3ccccn3)C(=O)CCS(=O)(=O)c3ccc(Cl)cc3)nc12. The molecule has 2 aromatic heterocycles. The Labute approximate surface area is 212 Å². The molecule has 2 heterocycles. The van der Waals surface area contributed by atoms with E-state index in [1.54, 1.807) is 44.7 Å². The molecule has 4 aromatic rings. The summed E-state index contributed by atoms with van der Waals surface area (Å²) in [7, 11) is -0.590. The van der Waals surface area contributed by atoms with E-state index in [1.807, 2.05) is 6.07 Å². The summed E-state index contributed by atoms with van der Waals surface area (Å²) in [6.45, 7) is 0.130. The van der Waals surface area contributed by atoms with Gasteiger partial charge in [0.15, 0.2) is 15.0 Å². The van der Waals surface area contributed by atoms with E-state index in [2.05, 4.69) is 9.97 Å². The molecule has 11 heteroatoms. The molecule has 0 radical (unpaired) electrons. The summed E-state index contributed by atoms with van der Waals surface area (Å²) in [6, 6.07) is 14.8. The molecular formula is C24H22ClN3O5S2. The molecule has 1 amide bonds. The van der Waals surface area contributed by atoms with Crippen molar-refractivity contribution in [2.24, 2.45) is 0 Å². The molecule has 0 fully saturated rings. The first-order chi connectivity index (χ1) is 16.8. The molecule has 0 saturated heterocycles. The van der Waals surface area contributed by atoms with Gasteiger partial charge in [0.1, 0.15) is 21.7 Å². The molecule has 2 aromatic carbocycles. The molecule has 0 bridgehead atoms. The van der Waals surface area contributed by atoms with Crippen LogP contribution in [0.25, 0.3) is 10.2 Å². The van der Waals surface area contributed by atoms with Gasteiger partial charge in [-0.3, -0.25) is 14.7 Å². The van der Waals surface area contributed by atoms with Crippen LogP contribution in [0.15, 0.2) is 65.7 Å². The van der Waals surface area contributed by atoms with Crippen LogP contribution >= 0.6 is 22.9 Å². The summed E-state index contributed by atoms with van der Waals surface area (Å²) in [5.74, 6) is 0.383. The van der Waals surface area contributed by atoms with Gasteiger partial charge in [-0.2, -0.15) is 0 Å². The van der Waals surface area contributed by atoms with Gasteiger partial charge in [0.25, 0.3) is 0 Å². The largest absolute Gasteiger partial charge is 0.495 e. The average molecular weight is 532 g/mol. The standard InChI is InChI=1S/C24H22ClN3O5S2/c1-32-19-10-11-20(33-2)23-22(19)27-24(34-23)28(15-17-5-3-4-13-26-17)21(29)12-14-35(30,31)18-8-6-16(25)7-9-18/h3-11,13H,12,14-15H2,1-2H3. The predicted molar refractivity (Wildman–Crippen MR) is 136 cm³/mol. The lowest BCUT2D eigenvalue weighted by Gasteiger charge is -2.19. The number of hydrogen-bond acceptors (Lipinski definition) is 8. The minimum Gasteiger partial charge on any atom is -0.495 e.